The molecule has 0 unspecified atom stereocenters. The van der Waals surface area contributed by atoms with E-state index in [4.69, 9.17) is 0 Å². The normalized spacial score (nSPS) is 10.2. The summed E-state index contributed by atoms with van der Waals surface area (Å²) >= 11 is 0. The highest BCUT2D eigenvalue weighted by molar-refractivity contribution is 5.74. The number of hydrogen-bond acceptors (Lipinski definition) is 1. The SMILES string of the molecule is CCc1ccc(CNC(=O)NC(C)C)cc1. The van der Waals surface area contributed by atoms with E-state index in [-0.39, 0.29) is 12.1 Å². The number of nitrogens with one attached hydrogen (secondary N) is 2. The van der Waals surface area contributed by atoms with Crippen LogP contribution in [0, 0.1) is 0 Å². The van der Waals surface area contributed by atoms with Crippen molar-refractivity contribution < 1.29 is 4.79 Å². The van der Waals surface area contributed by atoms with E-state index < -0.39 is 0 Å². The van der Waals surface area contributed by atoms with Crippen LogP contribution in [0.25, 0.3) is 0 Å². The molecule has 0 spiro atoms. The minimum Gasteiger partial charge on any atom is -0.336 e. The molecule has 0 atom stereocenters. The molecule has 2 amide bonds. The highest BCUT2D eigenvalue weighted by Crippen LogP contribution is 2.04. The largest absolute Gasteiger partial charge is 0.336 e. The van der Waals surface area contributed by atoms with Crippen molar-refractivity contribution in [1.82, 2.24) is 10.6 Å². The molecule has 2 N–H and O–H groups in total. The zero-order valence-electron chi connectivity index (χ0n) is 10.2. The van der Waals surface area contributed by atoms with Gasteiger partial charge in [0, 0.05) is 12.6 Å². The van der Waals surface area contributed by atoms with Gasteiger partial charge in [0.25, 0.3) is 0 Å². The van der Waals surface area contributed by atoms with Crippen LogP contribution in [-0.2, 0) is 13.0 Å². The summed E-state index contributed by atoms with van der Waals surface area (Å²) in [6, 6.07) is 8.34. The fourth-order valence-corrected chi connectivity index (χ4v) is 1.39. The first-order chi connectivity index (χ1) is 7.61. The Balaban J connectivity index is 2.39. The van der Waals surface area contributed by atoms with E-state index in [1.165, 1.54) is 5.56 Å². The van der Waals surface area contributed by atoms with Gasteiger partial charge in [-0.05, 0) is 31.4 Å². The van der Waals surface area contributed by atoms with Crippen LogP contribution < -0.4 is 10.6 Å². The summed E-state index contributed by atoms with van der Waals surface area (Å²) in [4.78, 5) is 11.3. The van der Waals surface area contributed by atoms with Gasteiger partial charge in [0.05, 0.1) is 0 Å². The molecule has 0 radical (unpaired) electrons. The number of carbonyl (C=O) groups is 1. The molecule has 3 heteroatoms. The fourth-order valence-electron chi connectivity index (χ4n) is 1.39. The maximum absolute atomic E-state index is 11.3. The summed E-state index contributed by atoms with van der Waals surface area (Å²) in [6.45, 7) is 6.58. The molecule has 0 saturated heterocycles. The van der Waals surface area contributed by atoms with Gasteiger partial charge < -0.3 is 10.6 Å². The van der Waals surface area contributed by atoms with Crippen molar-refractivity contribution in [3.8, 4) is 0 Å². The van der Waals surface area contributed by atoms with E-state index >= 15 is 0 Å². The molecule has 3 nitrogen and oxygen atoms in total. The third-order valence-electron chi connectivity index (χ3n) is 2.30. The van der Waals surface area contributed by atoms with Crippen LogP contribution in [0.2, 0.25) is 0 Å². The van der Waals surface area contributed by atoms with Crippen LogP contribution in [0.3, 0.4) is 0 Å². The molecule has 0 saturated carbocycles. The van der Waals surface area contributed by atoms with Crippen molar-refractivity contribution >= 4 is 6.03 Å². The summed E-state index contributed by atoms with van der Waals surface area (Å²) < 4.78 is 0. The summed E-state index contributed by atoms with van der Waals surface area (Å²) in [5.41, 5.74) is 2.44. The molecule has 0 fully saturated rings. The Morgan fingerprint density at radius 2 is 1.75 bits per heavy atom. The van der Waals surface area contributed by atoms with Crippen LogP contribution >= 0.6 is 0 Å². The molecule has 0 aliphatic heterocycles. The Labute approximate surface area is 97.2 Å². The van der Waals surface area contributed by atoms with Crippen LogP contribution in [0.1, 0.15) is 31.9 Å². The van der Waals surface area contributed by atoms with E-state index in [0.717, 1.165) is 12.0 Å². The minimum absolute atomic E-state index is 0.116. The van der Waals surface area contributed by atoms with Crippen molar-refractivity contribution in [2.45, 2.75) is 39.8 Å². The standard InChI is InChI=1S/C13H20N2O/c1-4-11-5-7-12(8-6-11)9-14-13(16)15-10(2)3/h5-8,10H,4,9H2,1-3H3,(H2,14,15,16). The molecular formula is C13H20N2O. The number of amides is 2. The summed E-state index contributed by atoms with van der Waals surface area (Å²) in [5, 5.41) is 5.60. The molecule has 0 aliphatic carbocycles. The first kappa shape index (κ1) is 12.6. The minimum atomic E-state index is -0.116. The first-order valence-electron chi connectivity index (χ1n) is 5.74. The van der Waals surface area contributed by atoms with Crippen molar-refractivity contribution in [2.75, 3.05) is 0 Å². The van der Waals surface area contributed by atoms with Crippen molar-refractivity contribution in [3.63, 3.8) is 0 Å². The van der Waals surface area contributed by atoms with Gasteiger partial charge in [-0.2, -0.15) is 0 Å². The number of carbonyl (C=O) groups excluding carboxylic acids is 1. The van der Waals surface area contributed by atoms with Gasteiger partial charge in [-0.15, -0.1) is 0 Å². The van der Waals surface area contributed by atoms with E-state index in [1.54, 1.807) is 0 Å². The smallest absolute Gasteiger partial charge is 0.315 e. The highest BCUT2D eigenvalue weighted by Gasteiger charge is 2.01. The van der Waals surface area contributed by atoms with Gasteiger partial charge >= 0.3 is 6.03 Å². The molecule has 0 heterocycles. The number of aryl methyl sites for hydroxylation is 1. The number of hydrogen-bond donors (Lipinski definition) is 2. The van der Waals surface area contributed by atoms with Crippen molar-refractivity contribution in [3.05, 3.63) is 35.4 Å². The predicted molar refractivity (Wildman–Crippen MR) is 66.3 cm³/mol. The Hall–Kier alpha value is -1.51. The number of urea groups is 1. The van der Waals surface area contributed by atoms with Gasteiger partial charge in [0.2, 0.25) is 0 Å². The molecule has 1 aromatic rings. The molecule has 0 aliphatic rings. The predicted octanol–water partition coefficient (Wildman–Crippen LogP) is 2.46. The molecule has 0 bridgehead atoms. The monoisotopic (exact) mass is 220 g/mol. The Morgan fingerprint density at radius 1 is 1.19 bits per heavy atom. The van der Waals surface area contributed by atoms with Crippen LogP contribution in [0.5, 0.6) is 0 Å². The molecule has 1 rings (SSSR count). The van der Waals surface area contributed by atoms with Gasteiger partial charge in [-0.1, -0.05) is 31.2 Å². The average Bonchev–Trinajstić information content (AvgIpc) is 2.26. The summed E-state index contributed by atoms with van der Waals surface area (Å²) in [5.74, 6) is 0. The van der Waals surface area contributed by atoms with Gasteiger partial charge in [0.1, 0.15) is 0 Å². The molecule has 1 aromatic carbocycles. The van der Waals surface area contributed by atoms with E-state index in [2.05, 4.69) is 41.8 Å². The topological polar surface area (TPSA) is 41.1 Å². The van der Waals surface area contributed by atoms with Gasteiger partial charge in [-0.3, -0.25) is 0 Å². The Bertz CT molecular complexity index is 330. The van der Waals surface area contributed by atoms with Crippen molar-refractivity contribution in [2.24, 2.45) is 0 Å². The van der Waals surface area contributed by atoms with E-state index in [0.29, 0.717) is 6.54 Å². The maximum atomic E-state index is 11.3. The summed E-state index contributed by atoms with van der Waals surface area (Å²) in [6.07, 6.45) is 1.04. The van der Waals surface area contributed by atoms with E-state index in [9.17, 15) is 4.79 Å². The van der Waals surface area contributed by atoms with E-state index in [1.807, 2.05) is 13.8 Å². The maximum Gasteiger partial charge on any atom is 0.315 e. The van der Waals surface area contributed by atoms with Gasteiger partial charge in [-0.25, -0.2) is 4.79 Å². The zero-order chi connectivity index (χ0) is 12.0. The first-order valence-corrected chi connectivity index (χ1v) is 5.74. The second kappa shape index (κ2) is 6.16. The van der Waals surface area contributed by atoms with Gasteiger partial charge in [0.15, 0.2) is 0 Å². The Morgan fingerprint density at radius 3 is 2.25 bits per heavy atom. The van der Waals surface area contributed by atoms with Crippen LogP contribution in [0.15, 0.2) is 24.3 Å². The average molecular weight is 220 g/mol. The zero-order valence-corrected chi connectivity index (χ0v) is 10.2. The lowest BCUT2D eigenvalue weighted by molar-refractivity contribution is 0.238. The number of rotatable bonds is 4. The number of benzene rings is 1. The van der Waals surface area contributed by atoms with Crippen LogP contribution in [0.4, 0.5) is 4.79 Å². The lowest BCUT2D eigenvalue weighted by atomic mass is 10.1. The lowest BCUT2D eigenvalue weighted by Crippen LogP contribution is -2.39. The second-order valence-electron chi connectivity index (χ2n) is 4.15. The van der Waals surface area contributed by atoms with Crippen molar-refractivity contribution in [1.29, 1.82) is 0 Å². The quantitative estimate of drug-likeness (QED) is 0.804. The molecular weight excluding hydrogens is 200 g/mol. The fraction of sp³-hybridized carbons (Fsp3) is 0.462. The second-order valence-corrected chi connectivity index (χ2v) is 4.15. The third kappa shape index (κ3) is 4.34. The third-order valence-corrected chi connectivity index (χ3v) is 2.30. The Kier molecular flexibility index (Phi) is 4.83. The summed E-state index contributed by atoms with van der Waals surface area (Å²) in [7, 11) is 0. The molecule has 0 aromatic heterocycles. The molecule has 88 valence electrons. The lowest BCUT2D eigenvalue weighted by Gasteiger charge is -2.10. The van der Waals surface area contributed by atoms with Crippen LogP contribution in [-0.4, -0.2) is 12.1 Å². The highest BCUT2D eigenvalue weighted by atomic mass is 16.2. The molecule has 16 heavy (non-hydrogen) atoms.